The van der Waals surface area contributed by atoms with Crippen LogP contribution in [0.4, 0.5) is 0 Å². The highest BCUT2D eigenvalue weighted by atomic mass is 15.0. The van der Waals surface area contributed by atoms with Crippen molar-refractivity contribution in [3.63, 3.8) is 0 Å². The van der Waals surface area contributed by atoms with Crippen molar-refractivity contribution in [3.8, 4) is 0 Å². The summed E-state index contributed by atoms with van der Waals surface area (Å²) < 4.78 is 2.32. The summed E-state index contributed by atoms with van der Waals surface area (Å²) in [6, 6.07) is 0. The molecule has 0 N–H and O–H groups in total. The zero-order valence-electron chi connectivity index (χ0n) is 8.06. The average molecular weight is 154 g/mol. The van der Waals surface area contributed by atoms with Crippen molar-refractivity contribution in [1.29, 1.82) is 0 Å². The second kappa shape index (κ2) is 3.38. The Morgan fingerprint density at radius 3 is 2.36 bits per heavy atom. The molecule has 0 amide bonds. The Bertz CT molecular complexity index is 154. The van der Waals surface area contributed by atoms with E-state index >= 15 is 0 Å². The van der Waals surface area contributed by atoms with E-state index in [9.17, 15) is 0 Å². The van der Waals surface area contributed by atoms with Crippen molar-refractivity contribution in [1.82, 2.24) is 0 Å². The average Bonchev–Trinajstić information content (AvgIpc) is 2.07. The third-order valence-corrected chi connectivity index (χ3v) is 3.33. The molecule has 1 heterocycles. The Hall–Kier alpha value is -0.330. The van der Waals surface area contributed by atoms with Gasteiger partial charge in [-0.15, -0.1) is 0 Å². The van der Waals surface area contributed by atoms with Crippen LogP contribution >= 0.6 is 0 Å². The van der Waals surface area contributed by atoms with Crippen molar-refractivity contribution in [2.24, 2.45) is 5.41 Å². The molecule has 1 rings (SSSR count). The summed E-state index contributed by atoms with van der Waals surface area (Å²) in [4.78, 5) is 0. The van der Waals surface area contributed by atoms with Crippen LogP contribution in [0, 0.1) is 5.41 Å². The molecule has 0 aliphatic carbocycles. The molecule has 0 saturated carbocycles. The summed E-state index contributed by atoms with van der Waals surface area (Å²) in [6.07, 6.45) is 7.71. The van der Waals surface area contributed by atoms with Crippen molar-refractivity contribution in [3.05, 3.63) is 0 Å². The molecule has 0 spiro atoms. The maximum Gasteiger partial charge on any atom is 0.142 e. The smallest absolute Gasteiger partial charge is 0.142 e. The fourth-order valence-electron chi connectivity index (χ4n) is 1.85. The van der Waals surface area contributed by atoms with E-state index in [0.29, 0.717) is 5.41 Å². The zero-order valence-corrected chi connectivity index (χ0v) is 8.06. The fourth-order valence-corrected chi connectivity index (χ4v) is 1.85. The number of nitrogens with zero attached hydrogens (tertiary/aromatic N) is 1. The highest BCUT2D eigenvalue weighted by Crippen LogP contribution is 2.35. The van der Waals surface area contributed by atoms with Gasteiger partial charge in [-0.25, -0.2) is 4.58 Å². The number of rotatable bonds is 2. The number of hydrogen-bond donors (Lipinski definition) is 0. The van der Waals surface area contributed by atoms with Gasteiger partial charge in [0.05, 0.1) is 0 Å². The van der Waals surface area contributed by atoms with Gasteiger partial charge in [0.2, 0.25) is 0 Å². The van der Waals surface area contributed by atoms with Crippen LogP contribution in [0.25, 0.3) is 0 Å². The standard InChI is InChI=1S/C10H20N/c1-4-10(5-2)6-8-11(3)9-7-10/h8H,4-7,9H2,1-3H3/q+1. The predicted molar refractivity (Wildman–Crippen MR) is 49.4 cm³/mol. The molecule has 0 atom stereocenters. The lowest BCUT2D eigenvalue weighted by Gasteiger charge is -2.31. The molecule has 0 aromatic heterocycles. The lowest BCUT2D eigenvalue weighted by Crippen LogP contribution is -2.30. The van der Waals surface area contributed by atoms with Gasteiger partial charge in [0.1, 0.15) is 19.8 Å². The SMILES string of the molecule is CCC1(CC)CC=[N+](C)CC1. The minimum Gasteiger partial charge on any atom is -0.242 e. The van der Waals surface area contributed by atoms with Gasteiger partial charge in [-0.2, -0.15) is 0 Å². The van der Waals surface area contributed by atoms with Crippen molar-refractivity contribution in [2.75, 3.05) is 13.6 Å². The third kappa shape index (κ3) is 1.82. The van der Waals surface area contributed by atoms with Crippen LogP contribution in [0.5, 0.6) is 0 Å². The van der Waals surface area contributed by atoms with Crippen LogP contribution < -0.4 is 0 Å². The Morgan fingerprint density at radius 2 is 2.00 bits per heavy atom. The molecule has 1 aliphatic rings. The van der Waals surface area contributed by atoms with E-state index in [1.165, 1.54) is 32.2 Å². The van der Waals surface area contributed by atoms with E-state index in [0.717, 1.165) is 0 Å². The fraction of sp³-hybridized carbons (Fsp3) is 0.900. The monoisotopic (exact) mass is 154 g/mol. The molecule has 0 unspecified atom stereocenters. The van der Waals surface area contributed by atoms with Crippen molar-refractivity contribution < 1.29 is 4.58 Å². The van der Waals surface area contributed by atoms with Gasteiger partial charge in [0.15, 0.2) is 0 Å². The van der Waals surface area contributed by atoms with E-state index < -0.39 is 0 Å². The second-order valence-corrected chi connectivity index (χ2v) is 3.82. The minimum atomic E-state index is 0.645. The van der Waals surface area contributed by atoms with Crippen molar-refractivity contribution in [2.45, 2.75) is 39.5 Å². The summed E-state index contributed by atoms with van der Waals surface area (Å²) in [7, 11) is 2.18. The molecule has 0 saturated heterocycles. The molecule has 0 radical (unpaired) electrons. The van der Waals surface area contributed by atoms with Gasteiger partial charge in [-0.1, -0.05) is 13.8 Å². The van der Waals surface area contributed by atoms with Gasteiger partial charge in [-0.05, 0) is 18.3 Å². The number of hydrogen-bond acceptors (Lipinski definition) is 0. The Labute approximate surface area is 70.1 Å². The normalized spacial score (nSPS) is 23.0. The highest BCUT2D eigenvalue weighted by molar-refractivity contribution is 5.53. The van der Waals surface area contributed by atoms with Gasteiger partial charge in [0, 0.05) is 12.8 Å². The van der Waals surface area contributed by atoms with Crippen LogP contribution in [-0.4, -0.2) is 24.4 Å². The molecule has 1 aliphatic heterocycles. The highest BCUT2D eigenvalue weighted by Gasteiger charge is 2.30. The molecule has 1 heteroatoms. The molecular weight excluding hydrogens is 134 g/mol. The molecule has 0 fully saturated rings. The topological polar surface area (TPSA) is 3.01 Å². The molecule has 0 bridgehead atoms. The Morgan fingerprint density at radius 1 is 1.36 bits per heavy atom. The summed E-state index contributed by atoms with van der Waals surface area (Å²) >= 11 is 0. The summed E-state index contributed by atoms with van der Waals surface area (Å²) in [5.41, 5.74) is 0.645. The van der Waals surface area contributed by atoms with Crippen molar-refractivity contribution >= 4 is 6.21 Å². The van der Waals surface area contributed by atoms with E-state index in [1.54, 1.807) is 0 Å². The summed E-state index contributed by atoms with van der Waals surface area (Å²) in [5, 5.41) is 0. The van der Waals surface area contributed by atoms with E-state index in [-0.39, 0.29) is 0 Å². The Kier molecular flexibility index (Phi) is 2.69. The van der Waals surface area contributed by atoms with Gasteiger partial charge in [0.25, 0.3) is 0 Å². The van der Waals surface area contributed by atoms with Gasteiger partial charge in [-0.3, -0.25) is 0 Å². The first-order chi connectivity index (χ1) is 5.22. The van der Waals surface area contributed by atoms with Crippen LogP contribution in [0.15, 0.2) is 0 Å². The zero-order chi connectivity index (χ0) is 8.32. The molecule has 0 aromatic carbocycles. The lowest BCUT2D eigenvalue weighted by molar-refractivity contribution is -0.502. The Balaban J connectivity index is 2.61. The third-order valence-electron chi connectivity index (χ3n) is 3.33. The van der Waals surface area contributed by atoms with Gasteiger partial charge >= 0.3 is 0 Å². The van der Waals surface area contributed by atoms with E-state index in [4.69, 9.17) is 0 Å². The molecule has 11 heavy (non-hydrogen) atoms. The second-order valence-electron chi connectivity index (χ2n) is 3.82. The van der Waals surface area contributed by atoms with Gasteiger partial charge < -0.3 is 0 Å². The van der Waals surface area contributed by atoms with E-state index in [1.807, 2.05) is 0 Å². The van der Waals surface area contributed by atoms with E-state index in [2.05, 4.69) is 31.7 Å². The maximum absolute atomic E-state index is 2.36. The first kappa shape index (κ1) is 8.76. The molecular formula is C10H20N+. The predicted octanol–water partition coefficient (Wildman–Crippen LogP) is 2.30. The molecule has 0 aromatic rings. The lowest BCUT2D eigenvalue weighted by atomic mass is 9.75. The maximum atomic E-state index is 2.36. The first-order valence-electron chi connectivity index (χ1n) is 4.76. The quantitative estimate of drug-likeness (QED) is 0.537. The molecule has 64 valence electrons. The van der Waals surface area contributed by atoms with Crippen LogP contribution in [0.2, 0.25) is 0 Å². The first-order valence-corrected chi connectivity index (χ1v) is 4.76. The summed E-state index contributed by atoms with van der Waals surface area (Å²) in [5.74, 6) is 0. The molecule has 1 nitrogen and oxygen atoms in total. The van der Waals surface area contributed by atoms with Crippen LogP contribution in [0.3, 0.4) is 0 Å². The van der Waals surface area contributed by atoms with Crippen LogP contribution in [0.1, 0.15) is 39.5 Å². The minimum absolute atomic E-state index is 0.645. The van der Waals surface area contributed by atoms with Crippen LogP contribution in [-0.2, 0) is 0 Å². The largest absolute Gasteiger partial charge is 0.242 e. The summed E-state index contributed by atoms with van der Waals surface area (Å²) in [6.45, 7) is 5.90.